The average Bonchev–Trinajstić information content (AvgIpc) is 1.99. The smallest absolute Gasteiger partial charge is 0.0633 e. The van der Waals surface area contributed by atoms with Gasteiger partial charge in [-0.3, -0.25) is 0 Å². The third-order valence-corrected chi connectivity index (χ3v) is 3.50. The van der Waals surface area contributed by atoms with Crippen LogP contribution in [0.3, 0.4) is 0 Å². The highest BCUT2D eigenvalue weighted by Crippen LogP contribution is 2.25. The van der Waals surface area contributed by atoms with Crippen molar-refractivity contribution in [3.8, 4) is 0 Å². The molecule has 0 saturated carbocycles. The molecule has 0 rings (SSSR count). The zero-order valence-electron chi connectivity index (χ0n) is 9.63. The largest absolute Gasteiger partial charge is 0.392 e. The molecular formula is C11H24OS. The Morgan fingerprint density at radius 1 is 1.31 bits per heavy atom. The Labute approximate surface area is 87.3 Å². The van der Waals surface area contributed by atoms with Crippen molar-refractivity contribution < 1.29 is 5.11 Å². The maximum Gasteiger partial charge on any atom is 0.0633 e. The van der Waals surface area contributed by atoms with E-state index in [1.807, 2.05) is 11.8 Å². The lowest BCUT2D eigenvalue weighted by atomic mass is 10.0. The fraction of sp³-hybridized carbons (Fsp3) is 1.00. The molecule has 0 radical (unpaired) electrons. The summed E-state index contributed by atoms with van der Waals surface area (Å²) in [6, 6.07) is 0. The van der Waals surface area contributed by atoms with Gasteiger partial charge >= 0.3 is 0 Å². The van der Waals surface area contributed by atoms with Crippen LogP contribution in [0.1, 0.15) is 47.5 Å². The third-order valence-electron chi connectivity index (χ3n) is 2.08. The van der Waals surface area contributed by atoms with Crippen molar-refractivity contribution in [3.63, 3.8) is 0 Å². The second kappa shape index (κ2) is 5.92. The molecule has 0 aliphatic rings. The van der Waals surface area contributed by atoms with Crippen molar-refractivity contribution in [1.82, 2.24) is 0 Å². The van der Waals surface area contributed by atoms with Gasteiger partial charge in [-0.25, -0.2) is 0 Å². The molecule has 80 valence electrons. The summed E-state index contributed by atoms with van der Waals surface area (Å²) in [6.45, 7) is 10.9. The maximum absolute atomic E-state index is 9.69. The van der Waals surface area contributed by atoms with Gasteiger partial charge in [-0.05, 0) is 12.3 Å². The number of hydrogen-bond donors (Lipinski definition) is 1. The van der Waals surface area contributed by atoms with Crippen molar-refractivity contribution >= 4 is 11.8 Å². The fourth-order valence-electron chi connectivity index (χ4n) is 1.05. The second-order valence-corrected chi connectivity index (χ2v) is 6.67. The number of thioether (sulfide) groups is 1. The van der Waals surface area contributed by atoms with Gasteiger partial charge in [0.05, 0.1) is 6.10 Å². The van der Waals surface area contributed by atoms with Gasteiger partial charge < -0.3 is 5.11 Å². The van der Waals surface area contributed by atoms with Crippen molar-refractivity contribution in [2.75, 3.05) is 5.75 Å². The molecule has 0 aromatic heterocycles. The van der Waals surface area contributed by atoms with Gasteiger partial charge in [0.1, 0.15) is 0 Å². The number of aliphatic hydroxyl groups is 1. The molecule has 0 aliphatic carbocycles. The van der Waals surface area contributed by atoms with Gasteiger partial charge in [0, 0.05) is 10.5 Å². The summed E-state index contributed by atoms with van der Waals surface area (Å²) in [6.07, 6.45) is 1.98. The van der Waals surface area contributed by atoms with E-state index in [0.717, 1.165) is 18.6 Å². The SMILES string of the molecule is CCC(C)CC(O)CSC(C)(C)C. The van der Waals surface area contributed by atoms with Crippen LogP contribution in [0.2, 0.25) is 0 Å². The molecule has 1 nitrogen and oxygen atoms in total. The molecule has 1 N–H and O–H groups in total. The molecule has 0 amide bonds. The normalized spacial score (nSPS) is 17.1. The summed E-state index contributed by atoms with van der Waals surface area (Å²) in [4.78, 5) is 0. The lowest BCUT2D eigenvalue weighted by Gasteiger charge is -2.21. The van der Waals surface area contributed by atoms with E-state index >= 15 is 0 Å². The van der Waals surface area contributed by atoms with Crippen LogP contribution in [0.5, 0.6) is 0 Å². The van der Waals surface area contributed by atoms with Crippen LogP contribution in [0.4, 0.5) is 0 Å². The van der Waals surface area contributed by atoms with Crippen LogP contribution in [0.25, 0.3) is 0 Å². The molecule has 0 aromatic rings. The predicted molar refractivity (Wildman–Crippen MR) is 62.3 cm³/mol. The molecule has 2 atom stereocenters. The van der Waals surface area contributed by atoms with Crippen LogP contribution < -0.4 is 0 Å². The van der Waals surface area contributed by atoms with Crippen molar-refractivity contribution in [3.05, 3.63) is 0 Å². The highest BCUT2D eigenvalue weighted by Gasteiger charge is 2.15. The Bertz CT molecular complexity index is 129. The molecule has 0 aliphatic heterocycles. The number of rotatable bonds is 5. The molecule has 0 fully saturated rings. The summed E-state index contributed by atoms with van der Waals surface area (Å²) in [7, 11) is 0. The molecule has 0 saturated heterocycles. The van der Waals surface area contributed by atoms with Gasteiger partial charge in [-0.1, -0.05) is 41.0 Å². The van der Waals surface area contributed by atoms with E-state index in [9.17, 15) is 5.11 Å². The highest BCUT2D eigenvalue weighted by atomic mass is 32.2. The molecular weight excluding hydrogens is 180 g/mol. The summed E-state index contributed by atoms with van der Waals surface area (Å²) in [5.74, 6) is 1.52. The summed E-state index contributed by atoms with van der Waals surface area (Å²) < 4.78 is 0.274. The Kier molecular flexibility index (Phi) is 6.06. The van der Waals surface area contributed by atoms with Gasteiger partial charge in [-0.2, -0.15) is 11.8 Å². The molecule has 0 bridgehead atoms. The Morgan fingerprint density at radius 2 is 1.85 bits per heavy atom. The van der Waals surface area contributed by atoms with E-state index < -0.39 is 0 Å². The Morgan fingerprint density at radius 3 is 2.23 bits per heavy atom. The zero-order chi connectivity index (χ0) is 10.5. The molecule has 13 heavy (non-hydrogen) atoms. The summed E-state index contributed by atoms with van der Waals surface area (Å²) >= 11 is 1.84. The minimum atomic E-state index is -0.126. The minimum Gasteiger partial charge on any atom is -0.392 e. The van der Waals surface area contributed by atoms with E-state index in [1.165, 1.54) is 0 Å². The van der Waals surface area contributed by atoms with Gasteiger partial charge in [0.25, 0.3) is 0 Å². The minimum absolute atomic E-state index is 0.126. The first kappa shape index (κ1) is 13.3. The lowest BCUT2D eigenvalue weighted by molar-refractivity contribution is 0.167. The van der Waals surface area contributed by atoms with Crippen LogP contribution in [-0.2, 0) is 0 Å². The molecule has 0 aromatic carbocycles. The van der Waals surface area contributed by atoms with Crippen molar-refractivity contribution in [2.45, 2.75) is 58.3 Å². The standard InChI is InChI=1S/C11H24OS/c1-6-9(2)7-10(12)8-13-11(3,4)5/h9-10,12H,6-8H2,1-5H3. The predicted octanol–water partition coefficient (Wildman–Crippen LogP) is 3.32. The van der Waals surface area contributed by atoms with E-state index in [2.05, 4.69) is 34.6 Å². The highest BCUT2D eigenvalue weighted by molar-refractivity contribution is 8.00. The van der Waals surface area contributed by atoms with E-state index in [1.54, 1.807) is 0 Å². The quantitative estimate of drug-likeness (QED) is 0.741. The third kappa shape index (κ3) is 8.63. The molecule has 2 heteroatoms. The summed E-state index contributed by atoms with van der Waals surface area (Å²) in [5.41, 5.74) is 0. The lowest BCUT2D eigenvalue weighted by Crippen LogP contribution is -2.18. The first-order valence-corrected chi connectivity index (χ1v) is 6.15. The van der Waals surface area contributed by atoms with E-state index in [-0.39, 0.29) is 10.9 Å². The molecule has 2 unspecified atom stereocenters. The number of hydrogen-bond acceptors (Lipinski definition) is 2. The van der Waals surface area contributed by atoms with E-state index in [0.29, 0.717) is 5.92 Å². The van der Waals surface area contributed by atoms with Crippen LogP contribution >= 0.6 is 11.8 Å². The van der Waals surface area contributed by atoms with Crippen molar-refractivity contribution in [2.24, 2.45) is 5.92 Å². The first-order valence-electron chi connectivity index (χ1n) is 5.17. The topological polar surface area (TPSA) is 20.2 Å². The van der Waals surface area contributed by atoms with Crippen LogP contribution in [0.15, 0.2) is 0 Å². The first-order chi connectivity index (χ1) is 5.85. The maximum atomic E-state index is 9.69. The van der Waals surface area contributed by atoms with Crippen molar-refractivity contribution in [1.29, 1.82) is 0 Å². The monoisotopic (exact) mass is 204 g/mol. The number of aliphatic hydroxyl groups excluding tert-OH is 1. The Hall–Kier alpha value is 0.310. The van der Waals surface area contributed by atoms with Gasteiger partial charge in [0.15, 0.2) is 0 Å². The van der Waals surface area contributed by atoms with Crippen LogP contribution in [0, 0.1) is 5.92 Å². The van der Waals surface area contributed by atoms with E-state index in [4.69, 9.17) is 0 Å². The molecule has 0 heterocycles. The van der Waals surface area contributed by atoms with Gasteiger partial charge in [0.2, 0.25) is 0 Å². The summed E-state index contributed by atoms with van der Waals surface area (Å²) in [5, 5.41) is 9.69. The van der Waals surface area contributed by atoms with Gasteiger partial charge in [-0.15, -0.1) is 0 Å². The average molecular weight is 204 g/mol. The zero-order valence-corrected chi connectivity index (χ0v) is 10.4. The molecule has 0 spiro atoms. The van der Waals surface area contributed by atoms with Crippen LogP contribution in [-0.4, -0.2) is 21.7 Å². The Balaban J connectivity index is 3.57. The second-order valence-electron chi connectivity index (χ2n) is 4.83. The fourth-order valence-corrected chi connectivity index (χ4v) is 1.87.